The van der Waals surface area contributed by atoms with Gasteiger partial charge in [-0.1, -0.05) is 6.92 Å². The smallest absolute Gasteiger partial charge is 0.320 e. The Labute approximate surface area is 84.8 Å². The minimum atomic E-state index is -0.697. The number of likely N-dealkylation sites (tertiary alicyclic amines) is 1. The highest BCUT2D eigenvalue weighted by Crippen LogP contribution is 2.21. The van der Waals surface area contributed by atoms with Crippen LogP contribution in [-0.2, 0) is 9.53 Å². The Balaban J connectivity index is 2.59. The quantitative estimate of drug-likeness (QED) is 0.719. The summed E-state index contributed by atoms with van der Waals surface area (Å²) in [6, 6.07) is -0.0429. The highest BCUT2D eigenvalue weighted by molar-refractivity contribution is 5.73. The van der Waals surface area contributed by atoms with Crippen LogP contribution in [-0.4, -0.2) is 48.3 Å². The summed E-state index contributed by atoms with van der Waals surface area (Å²) in [5.41, 5.74) is 0. The number of rotatable bonds is 5. The molecule has 1 aliphatic heterocycles. The van der Waals surface area contributed by atoms with E-state index in [2.05, 4.69) is 11.8 Å². The summed E-state index contributed by atoms with van der Waals surface area (Å²) in [6.07, 6.45) is 2.70. The van der Waals surface area contributed by atoms with Crippen LogP contribution in [0.4, 0.5) is 0 Å². The van der Waals surface area contributed by atoms with E-state index >= 15 is 0 Å². The molecule has 14 heavy (non-hydrogen) atoms. The van der Waals surface area contributed by atoms with Gasteiger partial charge in [-0.15, -0.1) is 0 Å². The minimum absolute atomic E-state index is 0.253. The van der Waals surface area contributed by atoms with E-state index in [0.717, 1.165) is 25.8 Å². The van der Waals surface area contributed by atoms with Crippen LogP contribution in [0.2, 0.25) is 0 Å². The van der Waals surface area contributed by atoms with Crippen LogP contribution < -0.4 is 0 Å². The number of carboxylic acid groups (broad SMARTS) is 1. The molecule has 0 amide bonds. The van der Waals surface area contributed by atoms with Crippen molar-refractivity contribution in [2.75, 3.05) is 20.3 Å². The third kappa shape index (κ3) is 2.45. The van der Waals surface area contributed by atoms with Gasteiger partial charge in [-0.25, -0.2) is 0 Å². The number of hydrogen-bond donors (Lipinski definition) is 1. The summed E-state index contributed by atoms with van der Waals surface area (Å²) in [7, 11) is 1.66. The molecular formula is C10H19NO3. The van der Waals surface area contributed by atoms with Crippen LogP contribution >= 0.6 is 0 Å². The molecule has 0 aliphatic carbocycles. The molecule has 2 unspecified atom stereocenters. The first kappa shape index (κ1) is 11.5. The summed E-state index contributed by atoms with van der Waals surface area (Å²) >= 11 is 0. The molecule has 4 nitrogen and oxygen atoms in total. The Morgan fingerprint density at radius 1 is 1.71 bits per heavy atom. The monoisotopic (exact) mass is 201 g/mol. The molecule has 1 heterocycles. The van der Waals surface area contributed by atoms with Gasteiger partial charge in [0.05, 0.1) is 6.61 Å². The maximum atomic E-state index is 11.0. The maximum Gasteiger partial charge on any atom is 0.320 e. The molecule has 1 N–H and O–H groups in total. The van der Waals surface area contributed by atoms with E-state index in [1.165, 1.54) is 0 Å². The highest BCUT2D eigenvalue weighted by atomic mass is 16.5. The van der Waals surface area contributed by atoms with Crippen molar-refractivity contribution in [3.63, 3.8) is 0 Å². The van der Waals surface area contributed by atoms with E-state index in [9.17, 15) is 4.79 Å². The normalized spacial score (nSPS) is 25.1. The molecule has 1 aliphatic rings. The third-order valence-corrected chi connectivity index (χ3v) is 2.88. The van der Waals surface area contributed by atoms with Crippen molar-refractivity contribution in [3.8, 4) is 0 Å². The maximum absolute atomic E-state index is 11.0. The number of carboxylic acids is 1. The van der Waals surface area contributed by atoms with Gasteiger partial charge in [-0.05, 0) is 25.8 Å². The predicted molar refractivity (Wildman–Crippen MR) is 53.3 cm³/mol. The van der Waals surface area contributed by atoms with Crippen LogP contribution in [0.1, 0.15) is 26.2 Å². The second-order valence-corrected chi connectivity index (χ2v) is 3.75. The van der Waals surface area contributed by atoms with E-state index in [0.29, 0.717) is 6.61 Å². The van der Waals surface area contributed by atoms with Crippen molar-refractivity contribution in [2.45, 2.75) is 38.3 Å². The lowest BCUT2D eigenvalue weighted by molar-refractivity contribution is -0.143. The van der Waals surface area contributed by atoms with E-state index in [4.69, 9.17) is 9.84 Å². The largest absolute Gasteiger partial charge is 0.480 e. The minimum Gasteiger partial charge on any atom is -0.480 e. The predicted octanol–water partition coefficient (Wildman–Crippen LogP) is 0.960. The van der Waals surface area contributed by atoms with E-state index in [1.54, 1.807) is 7.11 Å². The Morgan fingerprint density at radius 2 is 2.43 bits per heavy atom. The van der Waals surface area contributed by atoms with Gasteiger partial charge in [0, 0.05) is 13.2 Å². The second kappa shape index (κ2) is 5.32. The molecule has 82 valence electrons. The average molecular weight is 201 g/mol. The first-order valence-corrected chi connectivity index (χ1v) is 5.18. The average Bonchev–Trinajstić information content (AvgIpc) is 2.62. The molecule has 0 radical (unpaired) electrons. The van der Waals surface area contributed by atoms with Gasteiger partial charge in [0.2, 0.25) is 0 Å². The zero-order chi connectivity index (χ0) is 10.6. The van der Waals surface area contributed by atoms with Crippen LogP contribution in [0, 0.1) is 0 Å². The highest BCUT2D eigenvalue weighted by Gasteiger charge is 2.34. The van der Waals surface area contributed by atoms with Gasteiger partial charge in [0.15, 0.2) is 0 Å². The lowest BCUT2D eigenvalue weighted by atomic mass is 10.1. The molecule has 1 fully saturated rings. The molecule has 4 heteroatoms. The Hall–Kier alpha value is -0.610. The molecule has 0 aromatic heterocycles. The zero-order valence-electron chi connectivity index (χ0n) is 8.90. The first-order valence-electron chi connectivity index (χ1n) is 5.18. The summed E-state index contributed by atoms with van der Waals surface area (Å²) in [5, 5.41) is 9.01. The molecule has 0 saturated carbocycles. The first-order chi connectivity index (χ1) is 6.70. The summed E-state index contributed by atoms with van der Waals surface area (Å²) < 4.78 is 5.10. The van der Waals surface area contributed by atoms with Gasteiger partial charge < -0.3 is 9.84 Å². The molecule has 0 spiro atoms. The number of aliphatic carboxylic acids is 1. The summed E-state index contributed by atoms with van der Waals surface area (Å²) in [5.74, 6) is -0.697. The van der Waals surface area contributed by atoms with E-state index in [1.807, 2.05) is 0 Å². The van der Waals surface area contributed by atoms with Crippen LogP contribution in [0.25, 0.3) is 0 Å². The zero-order valence-corrected chi connectivity index (χ0v) is 8.90. The number of methoxy groups -OCH3 is 1. The van der Waals surface area contributed by atoms with Gasteiger partial charge in [0.25, 0.3) is 0 Å². The fourth-order valence-corrected chi connectivity index (χ4v) is 2.13. The van der Waals surface area contributed by atoms with Crippen molar-refractivity contribution in [1.82, 2.24) is 4.90 Å². The Kier molecular flexibility index (Phi) is 4.35. The number of nitrogens with zero attached hydrogens (tertiary/aromatic N) is 1. The van der Waals surface area contributed by atoms with Gasteiger partial charge in [0.1, 0.15) is 6.04 Å². The van der Waals surface area contributed by atoms with Crippen molar-refractivity contribution < 1.29 is 14.6 Å². The van der Waals surface area contributed by atoms with Crippen molar-refractivity contribution in [1.29, 1.82) is 0 Å². The van der Waals surface area contributed by atoms with Gasteiger partial charge in [-0.2, -0.15) is 0 Å². The van der Waals surface area contributed by atoms with E-state index < -0.39 is 5.97 Å². The SMILES string of the molecule is CCC(COC)N1CCCC1C(=O)O. The van der Waals surface area contributed by atoms with Crippen LogP contribution in [0.5, 0.6) is 0 Å². The number of hydrogen-bond acceptors (Lipinski definition) is 3. The lowest BCUT2D eigenvalue weighted by Crippen LogP contribution is -2.45. The molecule has 1 saturated heterocycles. The van der Waals surface area contributed by atoms with Crippen molar-refractivity contribution in [3.05, 3.63) is 0 Å². The molecule has 2 atom stereocenters. The fraction of sp³-hybridized carbons (Fsp3) is 0.900. The number of ether oxygens (including phenoxy) is 1. The van der Waals surface area contributed by atoms with Crippen LogP contribution in [0.15, 0.2) is 0 Å². The number of carbonyl (C=O) groups is 1. The summed E-state index contributed by atoms with van der Waals surface area (Å²) in [6.45, 7) is 3.58. The van der Waals surface area contributed by atoms with Crippen LogP contribution in [0.3, 0.4) is 0 Å². The molecule has 0 aromatic carbocycles. The Morgan fingerprint density at radius 3 is 2.93 bits per heavy atom. The molecular weight excluding hydrogens is 182 g/mol. The topological polar surface area (TPSA) is 49.8 Å². The van der Waals surface area contributed by atoms with E-state index in [-0.39, 0.29) is 12.1 Å². The standard InChI is InChI=1S/C10H19NO3/c1-3-8(7-14-2)11-6-4-5-9(11)10(12)13/h8-9H,3-7H2,1-2H3,(H,12,13). The van der Waals surface area contributed by atoms with Crippen molar-refractivity contribution in [2.24, 2.45) is 0 Å². The Bertz CT molecular complexity index is 196. The van der Waals surface area contributed by atoms with Crippen molar-refractivity contribution >= 4 is 5.97 Å². The fourth-order valence-electron chi connectivity index (χ4n) is 2.13. The van der Waals surface area contributed by atoms with Gasteiger partial charge >= 0.3 is 5.97 Å². The lowest BCUT2D eigenvalue weighted by Gasteiger charge is -2.29. The molecule has 0 aromatic rings. The molecule has 0 bridgehead atoms. The molecule has 1 rings (SSSR count). The van der Waals surface area contributed by atoms with Gasteiger partial charge in [-0.3, -0.25) is 9.69 Å². The summed E-state index contributed by atoms with van der Waals surface area (Å²) in [4.78, 5) is 13.0. The third-order valence-electron chi connectivity index (χ3n) is 2.88. The second-order valence-electron chi connectivity index (χ2n) is 3.75.